The highest BCUT2D eigenvalue weighted by Crippen LogP contribution is 2.33. The number of hydrogen-bond acceptors (Lipinski definition) is 4. The van der Waals surface area contributed by atoms with Gasteiger partial charge in [0.15, 0.2) is 5.78 Å². The van der Waals surface area contributed by atoms with E-state index in [1.54, 1.807) is 24.3 Å². The number of alkyl halides is 3. The summed E-state index contributed by atoms with van der Waals surface area (Å²) in [5.41, 5.74) is 0.0236. The molecule has 2 aromatic rings. The second kappa shape index (κ2) is 7.88. The molecule has 0 spiro atoms. The van der Waals surface area contributed by atoms with Crippen LogP contribution < -0.4 is 5.32 Å². The number of anilines is 1. The number of hydrogen-bond donors (Lipinski definition) is 1. The number of amides is 1. The fraction of sp³-hybridized carbons (Fsp3) is 0.188. The molecule has 25 heavy (non-hydrogen) atoms. The molecule has 0 saturated carbocycles. The van der Waals surface area contributed by atoms with Gasteiger partial charge in [-0.3, -0.25) is 9.59 Å². The monoisotopic (exact) mass is 388 g/mol. The second-order valence-corrected chi connectivity index (χ2v) is 6.35. The van der Waals surface area contributed by atoms with Crippen molar-refractivity contribution >= 4 is 40.7 Å². The molecule has 0 saturated heterocycles. The van der Waals surface area contributed by atoms with Crippen molar-refractivity contribution in [1.29, 1.82) is 0 Å². The zero-order valence-corrected chi connectivity index (χ0v) is 14.4. The molecule has 0 radical (unpaired) electrons. The van der Waals surface area contributed by atoms with E-state index >= 15 is 0 Å². The Kier molecular flexibility index (Phi) is 6.07. The van der Waals surface area contributed by atoms with E-state index in [9.17, 15) is 22.8 Å². The van der Waals surface area contributed by atoms with Gasteiger partial charge in [-0.25, -0.2) is 4.98 Å². The molecule has 0 atom stereocenters. The minimum absolute atomic E-state index is 0.0302. The number of thioether (sulfide) groups is 1. The predicted octanol–water partition coefficient (Wildman–Crippen LogP) is 4.69. The van der Waals surface area contributed by atoms with Gasteiger partial charge in [0.2, 0.25) is 5.91 Å². The van der Waals surface area contributed by atoms with Crippen LogP contribution in [0.1, 0.15) is 22.8 Å². The molecular weight excluding hydrogens is 377 g/mol. The largest absolute Gasteiger partial charge is 0.417 e. The molecule has 0 aliphatic heterocycles. The van der Waals surface area contributed by atoms with Crippen LogP contribution in [0.15, 0.2) is 41.6 Å². The van der Waals surface area contributed by atoms with E-state index in [0.29, 0.717) is 17.4 Å². The summed E-state index contributed by atoms with van der Waals surface area (Å²) in [6, 6.07) is 7.06. The minimum atomic E-state index is -4.52. The van der Waals surface area contributed by atoms with Crippen LogP contribution in [0.4, 0.5) is 18.9 Å². The Bertz CT molecular complexity index is 795. The molecule has 1 aromatic carbocycles. The highest BCUT2D eigenvalue weighted by atomic mass is 35.5. The maximum Gasteiger partial charge on any atom is 0.417 e. The standard InChI is InChI=1S/C16H12ClF3N2O2S/c1-9(23)22-12-4-2-10(3-5-12)14(24)8-25-15-13(17)6-11(7-21-15)16(18,19)20/h2-7H,8H2,1H3,(H,22,23). The Labute approximate surface area is 150 Å². The van der Waals surface area contributed by atoms with E-state index < -0.39 is 11.7 Å². The number of nitrogens with zero attached hydrogens (tertiary/aromatic N) is 1. The molecule has 0 fully saturated rings. The maximum atomic E-state index is 12.6. The van der Waals surface area contributed by atoms with E-state index in [2.05, 4.69) is 10.3 Å². The molecule has 1 aromatic heterocycles. The van der Waals surface area contributed by atoms with Crippen molar-refractivity contribution in [3.63, 3.8) is 0 Å². The van der Waals surface area contributed by atoms with Gasteiger partial charge in [0, 0.05) is 24.4 Å². The van der Waals surface area contributed by atoms with Crippen LogP contribution in [0.25, 0.3) is 0 Å². The van der Waals surface area contributed by atoms with Gasteiger partial charge in [0.1, 0.15) is 5.03 Å². The number of carbonyl (C=O) groups excluding carboxylic acids is 2. The third-order valence-corrected chi connectivity index (χ3v) is 4.41. The number of ketones is 1. The first kappa shape index (κ1) is 19.3. The third-order valence-electron chi connectivity index (χ3n) is 3.00. The number of nitrogens with one attached hydrogen (secondary N) is 1. The molecule has 4 nitrogen and oxygen atoms in total. The summed E-state index contributed by atoms with van der Waals surface area (Å²) < 4.78 is 37.7. The smallest absolute Gasteiger partial charge is 0.326 e. The van der Waals surface area contributed by atoms with Crippen molar-refractivity contribution in [2.45, 2.75) is 18.1 Å². The highest BCUT2D eigenvalue weighted by molar-refractivity contribution is 8.00. The normalized spacial score (nSPS) is 11.2. The Morgan fingerprint density at radius 2 is 1.88 bits per heavy atom. The van der Waals surface area contributed by atoms with Gasteiger partial charge in [-0.05, 0) is 30.3 Å². The van der Waals surface area contributed by atoms with E-state index in [0.717, 1.165) is 17.8 Å². The lowest BCUT2D eigenvalue weighted by atomic mass is 10.1. The molecule has 1 N–H and O–H groups in total. The highest BCUT2D eigenvalue weighted by Gasteiger charge is 2.31. The topological polar surface area (TPSA) is 59.1 Å². The molecule has 132 valence electrons. The molecular formula is C16H12ClF3N2O2S. The van der Waals surface area contributed by atoms with Crippen molar-refractivity contribution in [3.8, 4) is 0 Å². The van der Waals surface area contributed by atoms with Gasteiger partial charge >= 0.3 is 6.18 Å². The Balaban J connectivity index is 2.01. The van der Waals surface area contributed by atoms with E-state index in [-0.39, 0.29) is 27.5 Å². The first-order valence-corrected chi connectivity index (χ1v) is 8.29. The maximum absolute atomic E-state index is 12.6. The van der Waals surface area contributed by atoms with Gasteiger partial charge in [0.05, 0.1) is 16.3 Å². The summed E-state index contributed by atoms with van der Waals surface area (Å²) in [5, 5.41) is 2.57. The molecule has 0 bridgehead atoms. The van der Waals surface area contributed by atoms with Gasteiger partial charge in [-0.15, -0.1) is 0 Å². The van der Waals surface area contributed by atoms with Crippen LogP contribution in [0.2, 0.25) is 5.02 Å². The van der Waals surface area contributed by atoms with Crippen molar-refractivity contribution in [1.82, 2.24) is 4.98 Å². The van der Waals surface area contributed by atoms with Crippen molar-refractivity contribution in [2.75, 3.05) is 11.1 Å². The molecule has 0 aliphatic rings. The molecule has 0 unspecified atom stereocenters. The average molecular weight is 389 g/mol. The summed E-state index contributed by atoms with van der Waals surface area (Å²) in [6.07, 6.45) is -3.84. The van der Waals surface area contributed by atoms with Gasteiger partial charge in [-0.1, -0.05) is 23.4 Å². The lowest BCUT2D eigenvalue weighted by Gasteiger charge is -2.09. The average Bonchev–Trinajstić information content (AvgIpc) is 2.52. The molecule has 1 amide bonds. The van der Waals surface area contributed by atoms with Gasteiger partial charge in [-0.2, -0.15) is 13.2 Å². The summed E-state index contributed by atoms with van der Waals surface area (Å²) in [7, 11) is 0. The van der Waals surface area contributed by atoms with Crippen LogP contribution >= 0.6 is 23.4 Å². The third kappa shape index (κ3) is 5.47. The quantitative estimate of drug-likeness (QED) is 0.596. The van der Waals surface area contributed by atoms with Gasteiger partial charge in [0.25, 0.3) is 0 Å². The number of carbonyl (C=O) groups is 2. The fourth-order valence-electron chi connectivity index (χ4n) is 1.85. The first-order chi connectivity index (χ1) is 11.7. The van der Waals surface area contributed by atoms with Crippen LogP contribution in [0.3, 0.4) is 0 Å². The minimum Gasteiger partial charge on any atom is -0.326 e. The van der Waals surface area contributed by atoms with Crippen molar-refractivity contribution in [3.05, 3.63) is 52.7 Å². The van der Waals surface area contributed by atoms with E-state index in [4.69, 9.17) is 11.6 Å². The molecule has 0 aliphatic carbocycles. The molecule has 9 heteroatoms. The van der Waals surface area contributed by atoms with Crippen LogP contribution in [-0.4, -0.2) is 22.4 Å². The number of aromatic nitrogens is 1. The number of Topliss-reactive ketones (excluding diaryl/α,β-unsaturated/α-hetero) is 1. The number of halogens is 4. The summed E-state index contributed by atoms with van der Waals surface area (Å²) >= 11 is 6.75. The summed E-state index contributed by atoms with van der Waals surface area (Å²) in [4.78, 5) is 26.7. The van der Waals surface area contributed by atoms with Crippen LogP contribution in [0.5, 0.6) is 0 Å². The fourth-order valence-corrected chi connectivity index (χ4v) is 2.94. The zero-order chi connectivity index (χ0) is 18.6. The van der Waals surface area contributed by atoms with Crippen molar-refractivity contribution in [2.24, 2.45) is 0 Å². The van der Waals surface area contributed by atoms with E-state index in [1.807, 2.05) is 0 Å². The lowest BCUT2D eigenvalue weighted by molar-refractivity contribution is -0.137. The number of benzene rings is 1. The Morgan fingerprint density at radius 1 is 1.24 bits per heavy atom. The van der Waals surface area contributed by atoms with Crippen LogP contribution in [-0.2, 0) is 11.0 Å². The lowest BCUT2D eigenvalue weighted by Crippen LogP contribution is -2.07. The predicted molar refractivity (Wildman–Crippen MR) is 90.0 cm³/mol. The second-order valence-electron chi connectivity index (χ2n) is 4.98. The Morgan fingerprint density at radius 3 is 2.40 bits per heavy atom. The van der Waals surface area contributed by atoms with Gasteiger partial charge < -0.3 is 5.32 Å². The first-order valence-electron chi connectivity index (χ1n) is 6.93. The number of pyridine rings is 1. The number of rotatable bonds is 5. The van der Waals surface area contributed by atoms with Crippen LogP contribution in [0, 0.1) is 0 Å². The van der Waals surface area contributed by atoms with Crippen molar-refractivity contribution < 1.29 is 22.8 Å². The zero-order valence-electron chi connectivity index (χ0n) is 12.9. The van der Waals surface area contributed by atoms with E-state index in [1.165, 1.54) is 6.92 Å². The molecule has 2 rings (SSSR count). The summed E-state index contributed by atoms with van der Waals surface area (Å²) in [5.74, 6) is -0.493. The SMILES string of the molecule is CC(=O)Nc1ccc(C(=O)CSc2ncc(C(F)(F)F)cc2Cl)cc1. The summed E-state index contributed by atoms with van der Waals surface area (Å²) in [6.45, 7) is 1.37. The Hall–Kier alpha value is -2.06. The molecule has 1 heterocycles.